The minimum absolute atomic E-state index is 0.00217. The van der Waals surface area contributed by atoms with Crippen molar-refractivity contribution in [3.63, 3.8) is 0 Å². The first-order valence-corrected chi connectivity index (χ1v) is 24.1. The molecule has 5 atom stereocenters. The van der Waals surface area contributed by atoms with Crippen LogP contribution in [0.2, 0.25) is 23.7 Å². The fourth-order valence-corrected chi connectivity index (χ4v) is 14.2. The van der Waals surface area contributed by atoms with Crippen LogP contribution in [0.3, 0.4) is 0 Å². The van der Waals surface area contributed by atoms with Gasteiger partial charge in [-0.3, -0.25) is 19.2 Å². The molecule has 1 saturated heterocycles. The van der Waals surface area contributed by atoms with Gasteiger partial charge in [0.15, 0.2) is 12.2 Å². The summed E-state index contributed by atoms with van der Waals surface area (Å²) in [5.74, 6) is 0.636. The van der Waals surface area contributed by atoms with Crippen molar-refractivity contribution in [1.82, 2.24) is 15.0 Å². The molecule has 13 heteroatoms. The Hall–Kier alpha value is -5.79. The van der Waals surface area contributed by atoms with Crippen LogP contribution in [0.1, 0.15) is 41.6 Å². The van der Waals surface area contributed by atoms with Crippen LogP contribution in [0.25, 0.3) is 0 Å². The zero-order valence-electron chi connectivity index (χ0n) is 34.6. The maximum atomic E-state index is 15.4. The molecule has 5 aromatic carbocycles. The average molecular weight is 854 g/mol. The van der Waals surface area contributed by atoms with Gasteiger partial charge in [-0.25, -0.2) is 0 Å². The lowest BCUT2D eigenvalue weighted by molar-refractivity contribution is -0.146. The summed E-state index contributed by atoms with van der Waals surface area (Å²) in [5.41, 5.74) is 4.21. The molecule has 0 saturated carbocycles. The number of carbonyl (C=O) groups excluding carboxylic acids is 2. The molecular weight excluding hydrogens is 806 g/mol. The Bertz CT molecular complexity index is 2570. The van der Waals surface area contributed by atoms with Crippen molar-refractivity contribution in [2.75, 3.05) is 30.1 Å². The Kier molecular flexibility index (Phi) is 10.8. The SMILES string of the molecule is COc1ccc([Si](C)(C)[C@@H]2[C@@H](CCn3cc(C(CO)c4ccccc4)nn3)O[C@]3(C(=O)N(Cc4ccc(N5C(=O)COc6ccccc65)cc4)c4ccc(Cl)cc43)[C@H]2C)cc1. The second-order valence-electron chi connectivity index (χ2n) is 16.7. The highest BCUT2D eigenvalue weighted by atomic mass is 35.5. The second kappa shape index (κ2) is 16.2. The van der Waals surface area contributed by atoms with E-state index in [9.17, 15) is 9.90 Å². The van der Waals surface area contributed by atoms with E-state index in [0.717, 1.165) is 33.8 Å². The van der Waals surface area contributed by atoms with Gasteiger partial charge in [0, 0.05) is 34.9 Å². The van der Waals surface area contributed by atoms with Gasteiger partial charge in [0.25, 0.3) is 11.8 Å². The van der Waals surface area contributed by atoms with Crippen molar-refractivity contribution in [3.8, 4) is 11.5 Å². The van der Waals surface area contributed by atoms with Crippen LogP contribution in [0.15, 0.2) is 128 Å². The number of hydrogen-bond donors (Lipinski definition) is 1. The molecule has 2 amide bonds. The van der Waals surface area contributed by atoms with Gasteiger partial charge in [0.2, 0.25) is 0 Å². The van der Waals surface area contributed by atoms with E-state index >= 15 is 4.79 Å². The standard InChI is InChI=1S/C48H48ClN5O6Si/c1-31-46(61(3,4)37-21-19-36(58-2)20-22-37)44(24-25-52-28-40(50-51-52)38(29-55)33-10-6-5-7-11-33)60-48(31)39-26-34(49)16-23-41(39)53(47(48)57)27-32-14-17-35(18-15-32)54-42-12-8-9-13-43(42)59-30-45(54)56/h5-23,26,28,31,38,44,46,55H,24-25,27,29-30H2,1-4H3/t31-,38?,44+,46-,48+/m0/s1. The van der Waals surface area contributed by atoms with E-state index in [1.165, 1.54) is 5.19 Å². The van der Waals surface area contributed by atoms with E-state index in [1.807, 2.05) is 125 Å². The van der Waals surface area contributed by atoms with E-state index in [-0.39, 0.29) is 48.5 Å². The van der Waals surface area contributed by atoms with E-state index in [4.69, 9.17) is 25.8 Å². The van der Waals surface area contributed by atoms with Gasteiger partial charge in [-0.05, 0) is 77.7 Å². The van der Waals surface area contributed by atoms with Crippen molar-refractivity contribution in [3.05, 3.63) is 155 Å². The van der Waals surface area contributed by atoms with E-state index in [2.05, 4.69) is 42.5 Å². The number of methoxy groups -OCH3 is 1. The van der Waals surface area contributed by atoms with E-state index in [1.54, 1.807) is 12.0 Å². The quantitative estimate of drug-likeness (QED) is 0.123. The molecule has 0 radical (unpaired) electrons. The average Bonchev–Trinajstić information content (AvgIpc) is 3.94. The molecule has 312 valence electrons. The molecule has 1 N–H and O–H groups in total. The molecule has 6 aromatic rings. The highest BCUT2D eigenvalue weighted by molar-refractivity contribution is 6.91. The Morgan fingerprint density at radius 2 is 1.67 bits per heavy atom. The van der Waals surface area contributed by atoms with Crippen LogP contribution in [0.5, 0.6) is 11.5 Å². The number of aryl methyl sites for hydroxylation is 1. The molecule has 1 spiro atoms. The minimum Gasteiger partial charge on any atom is -0.497 e. The molecule has 3 aliphatic heterocycles. The predicted molar refractivity (Wildman–Crippen MR) is 238 cm³/mol. The Morgan fingerprint density at radius 3 is 2.41 bits per heavy atom. The smallest absolute Gasteiger partial charge is 0.269 e. The first-order valence-electron chi connectivity index (χ1n) is 20.7. The molecule has 1 unspecified atom stereocenters. The largest absolute Gasteiger partial charge is 0.497 e. The lowest BCUT2D eigenvalue weighted by Gasteiger charge is -2.37. The second-order valence-corrected chi connectivity index (χ2v) is 21.8. The number of aliphatic hydroxyl groups excluding tert-OH is 1. The molecular formula is C48H48ClN5O6Si. The maximum absolute atomic E-state index is 15.4. The van der Waals surface area contributed by atoms with E-state index in [0.29, 0.717) is 41.7 Å². The predicted octanol–water partition coefficient (Wildman–Crippen LogP) is 7.97. The molecule has 0 bridgehead atoms. The maximum Gasteiger partial charge on any atom is 0.269 e. The van der Waals surface area contributed by atoms with Crippen molar-refractivity contribution in [1.29, 1.82) is 0 Å². The number of rotatable bonds is 12. The van der Waals surface area contributed by atoms with Gasteiger partial charge in [0.05, 0.1) is 57.4 Å². The normalized spacial score (nSPS) is 21.4. The summed E-state index contributed by atoms with van der Waals surface area (Å²) < 4.78 is 20.4. The summed E-state index contributed by atoms with van der Waals surface area (Å²) in [4.78, 5) is 32.0. The number of amides is 2. The third kappa shape index (κ3) is 7.10. The number of benzene rings is 5. The van der Waals surface area contributed by atoms with Crippen LogP contribution in [-0.4, -0.2) is 66.4 Å². The molecule has 61 heavy (non-hydrogen) atoms. The number of aromatic nitrogens is 3. The number of fused-ring (bicyclic) bond motifs is 3. The van der Waals surface area contributed by atoms with Gasteiger partial charge in [0.1, 0.15) is 11.5 Å². The van der Waals surface area contributed by atoms with Crippen LogP contribution in [-0.2, 0) is 33.0 Å². The number of ether oxygens (including phenoxy) is 3. The van der Waals surface area contributed by atoms with Crippen LogP contribution < -0.4 is 24.5 Å². The summed E-state index contributed by atoms with van der Waals surface area (Å²) in [6, 6.07) is 39.0. The van der Waals surface area contributed by atoms with E-state index < -0.39 is 13.7 Å². The molecule has 1 aromatic heterocycles. The van der Waals surface area contributed by atoms with Crippen molar-refractivity contribution in [2.24, 2.45) is 5.92 Å². The topological polar surface area (TPSA) is 119 Å². The van der Waals surface area contributed by atoms with Gasteiger partial charge in [-0.2, -0.15) is 0 Å². The summed E-state index contributed by atoms with van der Waals surface area (Å²) >= 11 is 6.77. The minimum atomic E-state index is -2.42. The first kappa shape index (κ1) is 40.6. The zero-order valence-corrected chi connectivity index (χ0v) is 36.3. The highest BCUT2D eigenvalue weighted by Gasteiger charge is 2.66. The molecule has 4 heterocycles. The fourth-order valence-electron chi connectivity index (χ4n) is 9.93. The Morgan fingerprint density at radius 1 is 0.934 bits per heavy atom. The molecule has 1 fully saturated rings. The number of aliphatic hydroxyl groups is 1. The summed E-state index contributed by atoms with van der Waals surface area (Å²) in [6.07, 6.45) is 2.16. The number of nitrogens with zero attached hydrogens (tertiary/aromatic N) is 5. The molecule has 9 rings (SSSR count). The van der Waals surface area contributed by atoms with Gasteiger partial charge in [-0.1, -0.05) is 109 Å². The third-order valence-corrected chi connectivity index (χ3v) is 17.6. The van der Waals surface area contributed by atoms with Crippen molar-refractivity contribution >= 4 is 53.7 Å². The number of para-hydroxylation sites is 2. The number of anilines is 3. The zero-order chi connectivity index (χ0) is 42.5. The lowest BCUT2D eigenvalue weighted by atomic mass is 9.82. The molecule has 11 nitrogen and oxygen atoms in total. The first-order chi connectivity index (χ1) is 29.5. The third-order valence-electron chi connectivity index (χ3n) is 13.0. The molecule has 3 aliphatic rings. The number of carbonyl (C=O) groups is 2. The van der Waals surface area contributed by atoms with Crippen molar-refractivity contribution < 1.29 is 28.9 Å². The lowest BCUT2D eigenvalue weighted by Crippen LogP contribution is -2.51. The van der Waals surface area contributed by atoms with Crippen LogP contribution in [0, 0.1) is 5.92 Å². The Labute approximate surface area is 361 Å². The summed E-state index contributed by atoms with van der Waals surface area (Å²) in [6.45, 7) is 7.55. The van der Waals surface area contributed by atoms with Gasteiger partial charge >= 0.3 is 0 Å². The summed E-state index contributed by atoms with van der Waals surface area (Å²) in [7, 11) is -0.753. The summed E-state index contributed by atoms with van der Waals surface area (Å²) in [5, 5.41) is 21.1. The number of halogens is 1. The van der Waals surface area contributed by atoms with Gasteiger partial charge in [-0.15, -0.1) is 5.10 Å². The van der Waals surface area contributed by atoms with Crippen molar-refractivity contribution in [2.45, 2.75) is 62.7 Å². The van der Waals surface area contributed by atoms with Crippen LogP contribution >= 0.6 is 11.6 Å². The Balaban J connectivity index is 1.04. The molecule has 0 aliphatic carbocycles. The number of hydrogen-bond acceptors (Lipinski definition) is 8. The fraction of sp³-hybridized carbons (Fsp3) is 0.292. The highest BCUT2D eigenvalue weighted by Crippen LogP contribution is 2.60. The van der Waals surface area contributed by atoms with Crippen LogP contribution in [0.4, 0.5) is 17.1 Å². The van der Waals surface area contributed by atoms with Gasteiger partial charge < -0.3 is 24.2 Å². The monoisotopic (exact) mass is 853 g/mol.